The predicted molar refractivity (Wildman–Crippen MR) is 41.0 cm³/mol. The van der Waals surface area contributed by atoms with E-state index >= 15 is 0 Å². The van der Waals surface area contributed by atoms with E-state index < -0.39 is 12.1 Å². The van der Waals surface area contributed by atoms with E-state index in [1.165, 1.54) is 6.92 Å². The molecule has 0 atom stereocenters. The Kier molecular flexibility index (Phi) is 2.55. The van der Waals surface area contributed by atoms with Gasteiger partial charge in [0.1, 0.15) is 17.1 Å². The fourth-order valence-electron chi connectivity index (χ4n) is 0.910. The van der Waals surface area contributed by atoms with Crippen LogP contribution in [0.5, 0.6) is 5.75 Å². The number of hydrogen-bond acceptors (Lipinski definition) is 3. The van der Waals surface area contributed by atoms with Crippen molar-refractivity contribution in [2.24, 2.45) is 0 Å². The SMILES string of the molecule is Cc1cc(C(F)F)nc(C=O)c1O. The van der Waals surface area contributed by atoms with Crippen molar-refractivity contribution in [3.05, 3.63) is 23.0 Å². The number of halogens is 2. The number of hydrogen-bond donors (Lipinski definition) is 1. The van der Waals surface area contributed by atoms with E-state index in [0.717, 1.165) is 6.07 Å². The van der Waals surface area contributed by atoms with Gasteiger partial charge < -0.3 is 5.11 Å². The molecule has 13 heavy (non-hydrogen) atoms. The van der Waals surface area contributed by atoms with Gasteiger partial charge in [0.2, 0.25) is 0 Å². The first kappa shape index (κ1) is 9.57. The van der Waals surface area contributed by atoms with E-state index in [9.17, 15) is 13.6 Å². The molecule has 0 bridgehead atoms. The summed E-state index contributed by atoms with van der Waals surface area (Å²) in [6, 6.07) is 1.05. The predicted octanol–water partition coefficient (Wildman–Crippen LogP) is 1.85. The number of nitrogens with zero attached hydrogens (tertiary/aromatic N) is 1. The summed E-state index contributed by atoms with van der Waals surface area (Å²) < 4.78 is 24.3. The first-order valence-electron chi connectivity index (χ1n) is 3.50. The summed E-state index contributed by atoms with van der Waals surface area (Å²) in [6.45, 7) is 1.43. The first-order chi connectivity index (χ1) is 6.06. The minimum atomic E-state index is -2.74. The Bertz CT molecular complexity index is 339. The molecule has 0 fully saturated rings. The van der Waals surface area contributed by atoms with Gasteiger partial charge in [-0.3, -0.25) is 4.79 Å². The Labute approximate surface area is 73.0 Å². The lowest BCUT2D eigenvalue weighted by Crippen LogP contribution is -1.97. The van der Waals surface area contributed by atoms with Gasteiger partial charge in [-0.05, 0) is 18.6 Å². The van der Waals surface area contributed by atoms with Crippen molar-refractivity contribution in [2.45, 2.75) is 13.3 Å². The molecule has 0 unspecified atom stereocenters. The van der Waals surface area contributed by atoms with E-state index in [1.54, 1.807) is 0 Å². The summed E-state index contributed by atoms with van der Waals surface area (Å²) in [7, 11) is 0. The number of carbonyl (C=O) groups is 1. The summed E-state index contributed by atoms with van der Waals surface area (Å²) in [5, 5.41) is 9.17. The second kappa shape index (κ2) is 3.47. The standard InChI is InChI=1S/C8H7F2NO2/c1-4-2-5(8(9)10)11-6(3-12)7(4)13/h2-3,8,13H,1H3. The molecule has 0 aromatic carbocycles. The van der Waals surface area contributed by atoms with Crippen LogP contribution in [0.3, 0.4) is 0 Å². The number of carbonyl (C=O) groups excluding carboxylic acids is 1. The van der Waals surface area contributed by atoms with E-state index in [0.29, 0.717) is 0 Å². The normalized spacial score (nSPS) is 10.5. The minimum absolute atomic E-state index is 0.215. The molecule has 0 aliphatic heterocycles. The van der Waals surface area contributed by atoms with Gasteiger partial charge in [-0.25, -0.2) is 13.8 Å². The lowest BCUT2D eigenvalue weighted by Gasteiger charge is -2.04. The maximum absolute atomic E-state index is 12.1. The first-order valence-corrected chi connectivity index (χ1v) is 3.50. The van der Waals surface area contributed by atoms with Gasteiger partial charge in [-0.2, -0.15) is 0 Å². The van der Waals surface area contributed by atoms with Crippen LogP contribution in [-0.4, -0.2) is 16.4 Å². The second-order valence-corrected chi connectivity index (χ2v) is 2.52. The zero-order chi connectivity index (χ0) is 10.0. The molecule has 0 saturated carbocycles. The highest BCUT2D eigenvalue weighted by atomic mass is 19.3. The largest absolute Gasteiger partial charge is 0.505 e. The van der Waals surface area contributed by atoms with E-state index in [2.05, 4.69) is 4.98 Å². The quantitative estimate of drug-likeness (QED) is 0.718. The summed E-state index contributed by atoms with van der Waals surface area (Å²) >= 11 is 0. The van der Waals surface area contributed by atoms with Gasteiger partial charge in [0, 0.05) is 0 Å². The molecule has 0 radical (unpaired) electrons. The molecule has 0 spiro atoms. The lowest BCUT2D eigenvalue weighted by atomic mass is 10.2. The molecule has 1 heterocycles. The molecule has 1 N–H and O–H groups in total. The molecule has 1 aromatic rings. The summed E-state index contributed by atoms with van der Waals surface area (Å²) in [5.74, 6) is -0.348. The Hall–Kier alpha value is -1.52. The van der Waals surface area contributed by atoms with Gasteiger partial charge in [0.05, 0.1) is 0 Å². The van der Waals surface area contributed by atoms with Gasteiger partial charge in [-0.15, -0.1) is 0 Å². The number of aromatic hydroxyl groups is 1. The summed E-state index contributed by atoms with van der Waals surface area (Å²) in [6.07, 6.45) is -2.49. The molecule has 3 nitrogen and oxygen atoms in total. The average Bonchev–Trinajstić information content (AvgIpc) is 2.09. The van der Waals surface area contributed by atoms with Crippen LogP contribution in [0.25, 0.3) is 0 Å². The van der Waals surface area contributed by atoms with Gasteiger partial charge in [0.15, 0.2) is 6.29 Å². The van der Waals surface area contributed by atoms with Crippen molar-refractivity contribution in [2.75, 3.05) is 0 Å². The molecule has 5 heteroatoms. The second-order valence-electron chi connectivity index (χ2n) is 2.52. The molecule has 0 saturated heterocycles. The fourth-order valence-corrected chi connectivity index (χ4v) is 0.910. The molecule has 0 aliphatic rings. The third kappa shape index (κ3) is 1.80. The fraction of sp³-hybridized carbons (Fsp3) is 0.250. The Morgan fingerprint density at radius 2 is 2.23 bits per heavy atom. The molecule has 0 amide bonds. The molecule has 1 aromatic heterocycles. The molecule has 70 valence electrons. The van der Waals surface area contributed by atoms with Gasteiger partial charge in [-0.1, -0.05) is 0 Å². The Morgan fingerprint density at radius 3 is 2.69 bits per heavy atom. The monoisotopic (exact) mass is 187 g/mol. The van der Waals surface area contributed by atoms with Crippen molar-refractivity contribution in [1.82, 2.24) is 4.98 Å². The van der Waals surface area contributed by atoms with Crippen molar-refractivity contribution in [1.29, 1.82) is 0 Å². The highest BCUT2D eigenvalue weighted by molar-refractivity contribution is 5.77. The van der Waals surface area contributed by atoms with Crippen LogP contribution in [0.2, 0.25) is 0 Å². The van der Waals surface area contributed by atoms with Crippen LogP contribution < -0.4 is 0 Å². The number of rotatable bonds is 2. The van der Waals surface area contributed by atoms with E-state index in [4.69, 9.17) is 5.11 Å². The molecular weight excluding hydrogens is 180 g/mol. The van der Waals surface area contributed by atoms with Gasteiger partial charge >= 0.3 is 0 Å². The smallest absolute Gasteiger partial charge is 0.280 e. The van der Waals surface area contributed by atoms with Crippen molar-refractivity contribution < 1.29 is 18.7 Å². The van der Waals surface area contributed by atoms with Gasteiger partial charge in [0.25, 0.3) is 6.43 Å². The maximum atomic E-state index is 12.1. The van der Waals surface area contributed by atoms with Crippen molar-refractivity contribution >= 4 is 6.29 Å². The Morgan fingerprint density at radius 1 is 1.62 bits per heavy atom. The molecule has 1 rings (SSSR count). The summed E-state index contributed by atoms with van der Waals surface area (Å²) in [4.78, 5) is 13.6. The third-order valence-corrected chi connectivity index (χ3v) is 1.57. The number of aromatic nitrogens is 1. The zero-order valence-electron chi connectivity index (χ0n) is 6.79. The number of aryl methyl sites for hydroxylation is 1. The highest BCUT2D eigenvalue weighted by Gasteiger charge is 2.14. The number of aldehydes is 1. The topological polar surface area (TPSA) is 50.2 Å². The third-order valence-electron chi connectivity index (χ3n) is 1.57. The summed E-state index contributed by atoms with van der Waals surface area (Å²) in [5.41, 5.74) is -0.639. The maximum Gasteiger partial charge on any atom is 0.280 e. The van der Waals surface area contributed by atoms with Crippen LogP contribution in [0.1, 0.15) is 28.2 Å². The Balaban J connectivity index is 3.30. The van der Waals surface area contributed by atoms with Crippen LogP contribution >= 0.6 is 0 Å². The number of alkyl halides is 2. The average molecular weight is 187 g/mol. The van der Waals surface area contributed by atoms with Crippen molar-refractivity contribution in [3.8, 4) is 5.75 Å². The van der Waals surface area contributed by atoms with Crippen LogP contribution in [-0.2, 0) is 0 Å². The molecular formula is C8H7F2NO2. The minimum Gasteiger partial charge on any atom is -0.505 e. The zero-order valence-corrected chi connectivity index (χ0v) is 6.79. The van der Waals surface area contributed by atoms with Crippen LogP contribution in [0.15, 0.2) is 6.07 Å². The van der Waals surface area contributed by atoms with E-state index in [-0.39, 0.29) is 23.3 Å². The van der Waals surface area contributed by atoms with E-state index in [1.807, 2.05) is 0 Å². The highest BCUT2D eigenvalue weighted by Crippen LogP contribution is 2.24. The molecule has 0 aliphatic carbocycles. The number of pyridine rings is 1. The van der Waals surface area contributed by atoms with Crippen LogP contribution in [0.4, 0.5) is 8.78 Å². The lowest BCUT2D eigenvalue weighted by molar-refractivity contribution is 0.111. The van der Waals surface area contributed by atoms with Crippen molar-refractivity contribution in [3.63, 3.8) is 0 Å². The van der Waals surface area contributed by atoms with Crippen LogP contribution in [0, 0.1) is 6.92 Å².